The summed E-state index contributed by atoms with van der Waals surface area (Å²) in [7, 11) is 0. The second kappa shape index (κ2) is 4.66. The van der Waals surface area contributed by atoms with Crippen LogP contribution in [0.2, 0.25) is 0 Å². The second-order valence-corrected chi connectivity index (χ2v) is 4.36. The molecule has 0 aromatic heterocycles. The third kappa shape index (κ3) is 2.42. The zero-order valence-electron chi connectivity index (χ0n) is 9.75. The zero-order chi connectivity index (χ0) is 11.5. The van der Waals surface area contributed by atoms with Gasteiger partial charge in [-0.25, -0.2) is 4.79 Å². The van der Waals surface area contributed by atoms with Crippen molar-refractivity contribution >= 4 is 5.97 Å². The van der Waals surface area contributed by atoms with Crippen molar-refractivity contribution in [3.8, 4) is 0 Å². The zero-order valence-corrected chi connectivity index (χ0v) is 9.75. The van der Waals surface area contributed by atoms with Crippen LogP contribution in [0.4, 0.5) is 0 Å². The Hall–Kier alpha value is -1.35. The van der Waals surface area contributed by atoms with Gasteiger partial charge >= 0.3 is 5.97 Å². The van der Waals surface area contributed by atoms with Crippen LogP contribution in [0.15, 0.2) is 18.2 Å². The van der Waals surface area contributed by atoms with Crippen molar-refractivity contribution in [1.82, 2.24) is 5.32 Å². The molecule has 16 heavy (non-hydrogen) atoms. The van der Waals surface area contributed by atoms with Gasteiger partial charge in [0, 0.05) is 6.54 Å². The first-order valence-electron chi connectivity index (χ1n) is 5.70. The summed E-state index contributed by atoms with van der Waals surface area (Å²) in [5, 5.41) is 3.30. The third-order valence-electron chi connectivity index (χ3n) is 2.67. The van der Waals surface area contributed by atoms with Crippen LogP contribution in [0.25, 0.3) is 0 Å². The van der Waals surface area contributed by atoms with Gasteiger partial charge in [0.25, 0.3) is 0 Å². The highest BCUT2D eigenvalue weighted by Crippen LogP contribution is 2.16. The molecule has 0 spiro atoms. The van der Waals surface area contributed by atoms with Crippen LogP contribution in [-0.2, 0) is 17.7 Å². The lowest BCUT2D eigenvalue weighted by Crippen LogP contribution is -2.24. The van der Waals surface area contributed by atoms with Crippen molar-refractivity contribution in [2.75, 3.05) is 6.54 Å². The molecule has 0 bridgehead atoms. The fraction of sp³-hybridized carbons (Fsp3) is 0.462. The van der Waals surface area contributed by atoms with Gasteiger partial charge in [0.2, 0.25) is 0 Å². The van der Waals surface area contributed by atoms with Gasteiger partial charge in [0.05, 0.1) is 11.7 Å². The molecule has 0 radical (unpaired) electrons. The maximum Gasteiger partial charge on any atom is 0.338 e. The topological polar surface area (TPSA) is 38.3 Å². The van der Waals surface area contributed by atoms with E-state index in [1.54, 1.807) is 0 Å². The molecule has 0 amide bonds. The lowest BCUT2D eigenvalue weighted by Gasteiger charge is -2.17. The highest BCUT2D eigenvalue weighted by Gasteiger charge is 2.13. The fourth-order valence-electron chi connectivity index (χ4n) is 1.89. The van der Waals surface area contributed by atoms with Gasteiger partial charge in [-0.2, -0.15) is 0 Å². The minimum absolute atomic E-state index is 0.0679. The normalized spacial score (nSPS) is 14.7. The van der Waals surface area contributed by atoms with Crippen LogP contribution in [0.3, 0.4) is 0 Å². The summed E-state index contributed by atoms with van der Waals surface area (Å²) in [6.07, 6.45) is 0.969. The van der Waals surface area contributed by atoms with Gasteiger partial charge in [0.15, 0.2) is 0 Å². The van der Waals surface area contributed by atoms with Crippen LogP contribution >= 0.6 is 0 Å². The van der Waals surface area contributed by atoms with E-state index in [0.29, 0.717) is 5.56 Å². The predicted molar refractivity (Wildman–Crippen MR) is 62.4 cm³/mol. The highest BCUT2D eigenvalue weighted by atomic mass is 16.5. The minimum Gasteiger partial charge on any atom is -0.459 e. The number of ether oxygens (including phenoxy) is 1. The first kappa shape index (κ1) is 11.1. The van der Waals surface area contributed by atoms with Crippen LogP contribution in [-0.4, -0.2) is 18.6 Å². The summed E-state index contributed by atoms with van der Waals surface area (Å²) in [6, 6.07) is 5.83. The standard InChI is InChI=1S/C13H17NO2/c1-9(2)16-13(15)11-4-3-10-5-6-14-8-12(10)7-11/h3-4,7,9,14H,5-6,8H2,1-2H3. The van der Waals surface area contributed by atoms with E-state index >= 15 is 0 Å². The molecule has 0 saturated carbocycles. The molecule has 0 atom stereocenters. The number of esters is 1. The van der Waals surface area contributed by atoms with E-state index in [9.17, 15) is 4.79 Å². The van der Waals surface area contributed by atoms with Gasteiger partial charge in [-0.15, -0.1) is 0 Å². The van der Waals surface area contributed by atoms with E-state index in [4.69, 9.17) is 4.74 Å². The Morgan fingerprint density at radius 2 is 2.19 bits per heavy atom. The predicted octanol–water partition coefficient (Wildman–Crippen LogP) is 1.90. The minimum atomic E-state index is -0.233. The Morgan fingerprint density at radius 3 is 2.94 bits per heavy atom. The second-order valence-electron chi connectivity index (χ2n) is 4.36. The van der Waals surface area contributed by atoms with Gasteiger partial charge in [-0.1, -0.05) is 6.07 Å². The lowest BCUT2D eigenvalue weighted by molar-refractivity contribution is 0.0378. The van der Waals surface area contributed by atoms with Crippen molar-refractivity contribution in [3.63, 3.8) is 0 Å². The van der Waals surface area contributed by atoms with Crippen molar-refractivity contribution in [1.29, 1.82) is 0 Å². The van der Waals surface area contributed by atoms with Crippen LogP contribution in [0.1, 0.15) is 35.3 Å². The smallest absolute Gasteiger partial charge is 0.338 e. The molecule has 1 aromatic rings. The third-order valence-corrected chi connectivity index (χ3v) is 2.67. The van der Waals surface area contributed by atoms with E-state index in [1.807, 2.05) is 32.0 Å². The average Bonchev–Trinajstić information content (AvgIpc) is 2.27. The Balaban J connectivity index is 2.19. The highest BCUT2D eigenvalue weighted by molar-refractivity contribution is 5.89. The molecule has 1 aromatic carbocycles. The largest absolute Gasteiger partial charge is 0.459 e. The number of hydrogen-bond donors (Lipinski definition) is 1. The molecule has 2 rings (SSSR count). The molecule has 3 heteroatoms. The molecule has 1 heterocycles. The number of hydrogen-bond acceptors (Lipinski definition) is 3. The van der Waals surface area contributed by atoms with Crippen molar-refractivity contribution < 1.29 is 9.53 Å². The SMILES string of the molecule is CC(C)OC(=O)c1ccc2c(c1)CNCC2. The maximum atomic E-state index is 11.7. The van der Waals surface area contributed by atoms with Crippen LogP contribution in [0, 0.1) is 0 Å². The molecule has 3 nitrogen and oxygen atoms in total. The Labute approximate surface area is 95.8 Å². The molecule has 0 saturated heterocycles. The van der Waals surface area contributed by atoms with Crippen molar-refractivity contribution in [3.05, 3.63) is 34.9 Å². The van der Waals surface area contributed by atoms with Crippen LogP contribution in [0.5, 0.6) is 0 Å². The van der Waals surface area contributed by atoms with E-state index in [0.717, 1.165) is 19.5 Å². The van der Waals surface area contributed by atoms with Gasteiger partial charge in [0.1, 0.15) is 0 Å². The number of benzene rings is 1. The molecule has 86 valence electrons. The molecular weight excluding hydrogens is 202 g/mol. The Morgan fingerprint density at radius 1 is 1.38 bits per heavy atom. The van der Waals surface area contributed by atoms with Crippen molar-refractivity contribution in [2.24, 2.45) is 0 Å². The van der Waals surface area contributed by atoms with Gasteiger partial charge < -0.3 is 10.1 Å². The number of fused-ring (bicyclic) bond motifs is 1. The van der Waals surface area contributed by atoms with E-state index in [-0.39, 0.29) is 12.1 Å². The molecular formula is C13H17NO2. The summed E-state index contributed by atoms with van der Waals surface area (Å²) in [5.74, 6) is -0.233. The summed E-state index contributed by atoms with van der Waals surface area (Å²) in [5.41, 5.74) is 3.19. The van der Waals surface area contributed by atoms with Crippen molar-refractivity contribution in [2.45, 2.75) is 32.9 Å². The fourth-order valence-corrected chi connectivity index (χ4v) is 1.89. The maximum absolute atomic E-state index is 11.7. The van der Waals surface area contributed by atoms with E-state index < -0.39 is 0 Å². The number of nitrogens with one attached hydrogen (secondary N) is 1. The first-order valence-corrected chi connectivity index (χ1v) is 5.70. The van der Waals surface area contributed by atoms with Gasteiger partial charge in [-0.3, -0.25) is 0 Å². The molecule has 0 unspecified atom stereocenters. The molecule has 1 aliphatic rings. The molecule has 0 aliphatic carbocycles. The Kier molecular flexibility index (Phi) is 3.25. The molecule has 1 aliphatic heterocycles. The monoisotopic (exact) mass is 219 g/mol. The van der Waals surface area contributed by atoms with E-state index in [1.165, 1.54) is 11.1 Å². The van der Waals surface area contributed by atoms with Gasteiger partial charge in [-0.05, 0) is 50.1 Å². The molecule has 0 fully saturated rings. The summed E-state index contributed by atoms with van der Waals surface area (Å²) in [6.45, 7) is 5.58. The number of rotatable bonds is 2. The number of carbonyl (C=O) groups is 1. The summed E-state index contributed by atoms with van der Waals surface area (Å²) < 4.78 is 5.17. The quantitative estimate of drug-likeness (QED) is 0.772. The molecule has 1 N–H and O–H groups in total. The average molecular weight is 219 g/mol. The summed E-state index contributed by atoms with van der Waals surface area (Å²) in [4.78, 5) is 11.7. The first-order chi connectivity index (χ1) is 7.66. The Bertz CT molecular complexity index is 399. The summed E-state index contributed by atoms with van der Waals surface area (Å²) >= 11 is 0. The number of carbonyl (C=O) groups excluding carboxylic acids is 1. The van der Waals surface area contributed by atoms with E-state index in [2.05, 4.69) is 5.32 Å². The van der Waals surface area contributed by atoms with Crippen LogP contribution < -0.4 is 5.32 Å². The lowest BCUT2D eigenvalue weighted by atomic mass is 9.99.